The minimum atomic E-state index is -0.0950. The number of rotatable bonds is 4. The second-order valence-corrected chi connectivity index (χ2v) is 9.05. The monoisotopic (exact) mass is 389 g/mol. The molecule has 5 nitrogen and oxygen atoms in total. The smallest absolute Gasteiger partial charge is 0.270 e. The summed E-state index contributed by atoms with van der Waals surface area (Å²) in [6.07, 6.45) is 5.81. The lowest BCUT2D eigenvalue weighted by atomic mass is 9.80. The van der Waals surface area contributed by atoms with Crippen molar-refractivity contribution in [2.75, 3.05) is 6.61 Å². The number of aromatic nitrogens is 2. The third-order valence-corrected chi connectivity index (χ3v) is 6.43. The van der Waals surface area contributed by atoms with E-state index in [1.807, 2.05) is 29.7 Å². The second kappa shape index (κ2) is 6.61. The van der Waals surface area contributed by atoms with Crippen LogP contribution in [0.15, 0.2) is 36.5 Å². The fourth-order valence-electron chi connectivity index (χ4n) is 4.39. The molecule has 1 aromatic carbocycles. The van der Waals surface area contributed by atoms with Crippen LogP contribution in [0, 0.1) is 6.92 Å². The molecule has 29 heavy (non-hydrogen) atoms. The Hall–Kier alpha value is -2.82. The van der Waals surface area contributed by atoms with Gasteiger partial charge in [-0.2, -0.15) is 0 Å². The zero-order valence-electron chi connectivity index (χ0n) is 17.3. The van der Waals surface area contributed by atoms with Crippen LogP contribution in [0.4, 0.5) is 0 Å². The SMILES string of the molecule is Cc1nc2cc(C3CCC3)ccn2c1C(=O)NCc1ccc2c(c1)C(C)(C)CO2. The first-order chi connectivity index (χ1) is 13.9. The molecule has 0 atom stereocenters. The Morgan fingerprint density at radius 3 is 2.86 bits per heavy atom. The van der Waals surface area contributed by atoms with E-state index in [0.29, 0.717) is 24.8 Å². The molecule has 1 N–H and O–H groups in total. The molecule has 5 heteroatoms. The fraction of sp³-hybridized carbons (Fsp3) is 0.417. The van der Waals surface area contributed by atoms with Gasteiger partial charge in [0.2, 0.25) is 0 Å². The number of pyridine rings is 1. The molecular weight excluding hydrogens is 362 g/mol. The highest BCUT2D eigenvalue weighted by Crippen LogP contribution is 2.39. The summed E-state index contributed by atoms with van der Waals surface area (Å²) in [5.74, 6) is 1.51. The number of ether oxygens (including phenoxy) is 1. The number of aryl methyl sites for hydroxylation is 1. The van der Waals surface area contributed by atoms with Crippen LogP contribution < -0.4 is 10.1 Å². The minimum absolute atomic E-state index is 0.00569. The van der Waals surface area contributed by atoms with Gasteiger partial charge < -0.3 is 10.1 Å². The highest BCUT2D eigenvalue weighted by molar-refractivity contribution is 5.94. The molecule has 2 aromatic heterocycles. The molecule has 0 unspecified atom stereocenters. The average Bonchev–Trinajstić information content (AvgIpc) is 3.13. The lowest BCUT2D eigenvalue weighted by Gasteiger charge is -2.25. The van der Waals surface area contributed by atoms with Crippen LogP contribution in [0.2, 0.25) is 0 Å². The highest BCUT2D eigenvalue weighted by Gasteiger charge is 2.31. The van der Waals surface area contributed by atoms with E-state index in [-0.39, 0.29) is 11.3 Å². The lowest BCUT2D eigenvalue weighted by molar-refractivity contribution is 0.0944. The zero-order valence-corrected chi connectivity index (χ0v) is 17.3. The van der Waals surface area contributed by atoms with Crippen molar-refractivity contribution in [2.24, 2.45) is 0 Å². The van der Waals surface area contributed by atoms with Gasteiger partial charge in [0.1, 0.15) is 17.1 Å². The summed E-state index contributed by atoms with van der Waals surface area (Å²) in [7, 11) is 0. The maximum absolute atomic E-state index is 13.0. The first kappa shape index (κ1) is 18.2. The van der Waals surface area contributed by atoms with E-state index in [2.05, 4.69) is 42.3 Å². The third kappa shape index (κ3) is 3.09. The van der Waals surface area contributed by atoms with Gasteiger partial charge in [0, 0.05) is 23.7 Å². The number of hydrogen-bond donors (Lipinski definition) is 1. The summed E-state index contributed by atoms with van der Waals surface area (Å²) >= 11 is 0. The molecule has 1 fully saturated rings. The number of imidazole rings is 1. The Morgan fingerprint density at radius 2 is 2.10 bits per heavy atom. The van der Waals surface area contributed by atoms with Gasteiger partial charge >= 0.3 is 0 Å². The van der Waals surface area contributed by atoms with Crippen molar-refractivity contribution in [1.29, 1.82) is 0 Å². The number of fused-ring (bicyclic) bond motifs is 2. The molecule has 0 saturated heterocycles. The highest BCUT2D eigenvalue weighted by atomic mass is 16.5. The second-order valence-electron chi connectivity index (χ2n) is 9.05. The van der Waals surface area contributed by atoms with Gasteiger partial charge in [-0.1, -0.05) is 26.3 Å². The third-order valence-electron chi connectivity index (χ3n) is 6.43. The van der Waals surface area contributed by atoms with Crippen LogP contribution in [-0.4, -0.2) is 21.9 Å². The van der Waals surface area contributed by atoms with Crippen molar-refractivity contribution in [3.63, 3.8) is 0 Å². The maximum atomic E-state index is 13.0. The van der Waals surface area contributed by atoms with Crippen LogP contribution in [-0.2, 0) is 12.0 Å². The van der Waals surface area contributed by atoms with E-state index in [1.165, 1.54) is 30.4 Å². The Kier molecular flexibility index (Phi) is 4.16. The van der Waals surface area contributed by atoms with Gasteiger partial charge in [-0.15, -0.1) is 0 Å². The van der Waals surface area contributed by atoms with Crippen molar-refractivity contribution in [1.82, 2.24) is 14.7 Å². The average molecular weight is 389 g/mol. The molecule has 1 aliphatic carbocycles. The molecule has 3 aromatic rings. The quantitative estimate of drug-likeness (QED) is 0.714. The number of carbonyl (C=O) groups excluding carboxylic acids is 1. The molecule has 2 aliphatic rings. The molecule has 0 radical (unpaired) electrons. The molecular formula is C24H27N3O2. The summed E-state index contributed by atoms with van der Waals surface area (Å²) in [6.45, 7) is 7.44. The number of carbonyl (C=O) groups is 1. The summed E-state index contributed by atoms with van der Waals surface area (Å²) in [6, 6.07) is 10.4. The van der Waals surface area contributed by atoms with Crippen molar-refractivity contribution >= 4 is 11.6 Å². The van der Waals surface area contributed by atoms with E-state index in [9.17, 15) is 4.79 Å². The van der Waals surface area contributed by atoms with Gasteiger partial charge in [-0.25, -0.2) is 4.98 Å². The van der Waals surface area contributed by atoms with E-state index in [1.54, 1.807) is 0 Å². The maximum Gasteiger partial charge on any atom is 0.270 e. The predicted octanol–water partition coefficient (Wildman–Crippen LogP) is 4.51. The van der Waals surface area contributed by atoms with E-state index in [4.69, 9.17) is 4.74 Å². The normalized spacial score (nSPS) is 17.6. The Balaban J connectivity index is 1.36. The van der Waals surface area contributed by atoms with Gasteiger partial charge in [0.25, 0.3) is 5.91 Å². The molecule has 3 heterocycles. The molecule has 0 bridgehead atoms. The summed E-state index contributed by atoms with van der Waals surface area (Å²) in [4.78, 5) is 17.6. The summed E-state index contributed by atoms with van der Waals surface area (Å²) < 4.78 is 7.67. The standard InChI is InChI=1S/C24H27N3O2/c1-15-22(27-10-9-18(12-21(27)26-15)17-5-4-6-17)23(28)25-13-16-7-8-20-19(11-16)24(2,3)14-29-20/h7-12,17H,4-6,13-14H2,1-3H3,(H,25,28). The number of benzene rings is 1. The fourth-order valence-corrected chi connectivity index (χ4v) is 4.39. The first-order valence-electron chi connectivity index (χ1n) is 10.5. The van der Waals surface area contributed by atoms with Gasteiger partial charge in [0.05, 0.1) is 12.3 Å². The summed E-state index contributed by atoms with van der Waals surface area (Å²) in [5.41, 5.74) is 5.86. The Labute approximate surface area is 171 Å². The van der Waals surface area contributed by atoms with Gasteiger partial charge in [-0.3, -0.25) is 9.20 Å². The molecule has 0 spiro atoms. The minimum Gasteiger partial charge on any atom is -0.492 e. The number of nitrogens with zero attached hydrogens (tertiary/aromatic N) is 2. The first-order valence-corrected chi connectivity index (χ1v) is 10.5. The van der Waals surface area contributed by atoms with Crippen LogP contribution in [0.25, 0.3) is 5.65 Å². The van der Waals surface area contributed by atoms with Crippen molar-refractivity contribution in [3.05, 3.63) is 64.6 Å². The van der Waals surface area contributed by atoms with Crippen LogP contribution in [0.5, 0.6) is 5.75 Å². The van der Waals surface area contributed by atoms with Crippen molar-refractivity contribution in [2.45, 2.75) is 57.9 Å². The zero-order chi connectivity index (χ0) is 20.2. The van der Waals surface area contributed by atoms with Gasteiger partial charge in [-0.05, 0) is 61.1 Å². The lowest BCUT2D eigenvalue weighted by Crippen LogP contribution is -2.25. The van der Waals surface area contributed by atoms with Gasteiger partial charge in [0.15, 0.2) is 0 Å². The molecule has 1 aliphatic heterocycles. The van der Waals surface area contributed by atoms with Crippen molar-refractivity contribution in [3.8, 4) is 5.75 Å². The van der Waals surface area contributed by atoms with E-state index < -0.39 is 0 Å². The molecule has 1 amide bonds. The van der Waals surface area contributed by atoms with Crippen molar-refractivity contribution < 1.29 is 9.53 Å². The largest absolute Gasteiger partial charge is 0.492 e. The Morgan fingerprint density at radius 1 is 1.28 bits per heavy atom. The predicted molar refractivity (Wildman–Crippen MR) is 113 cm³/mol. The van der Waals surface area contributed by atoms with Crippen LogP contribution >= 0.6 is 0 Å². The molecule has 150 valence electrons. The topological polar surface area (TPSA) is 55.6 Å². The number of amides is 1. The van der Waals surface area contributed by atoms with E-state index >= 15 is 0 Å². The van der Waals surface area contributed by atoms with Crippen LogP contribution in [0.1, 0.15) is 71.9 Å². The molecule has 5 rings (SSSR count). The number of hydrogen-bond acceptors (Lipinski definition) is 3. The van der Waals surface area contributed by atoms with Crippen LogP contribution in [0.3, 0.4) is 0 Å². The number of nitrogens with one attached hydrogen (secondary N) is 1. The Bertz CT molecular complexity index is 1110. The van der Waals surface area contributed by atoms with E-state index in [0.717, 1.165) is 22.7 Å². The molecule has 1 saturated carbocycles. The summed E-state index contributed by atoms with van der Waals surface area (Å²) in [5, 5.41) is 3.07.